The van der Waals surface area contributed by atoms with Gasteiger partial charge in [-0.3, -0.25) is 4.79 Å². The van der Waals surface area contributed by atoms with Crippen LogP contribution in [0, 0.1) is 17.5 Å². The molecular weight excluding hydrogens is 195 g/mol. The fourth-order valence-electron chi connectivity index (χ4n) is 0.870. The van der Waals surface area contributed by atoms with E-state index in [1.807, 2.05) is 0 Å². The first kappa shape index (κ1) is 12.5. The summed E-state index contributed by atoms with van der Waals surface area (Å²) in [6.07, 6.45) is 0.388. The highest BCUT2D eigenvalue weighted by Crippen LogP contribution is 2.13. The third-order valence-corrected chi connectivity index (χ3v) is 1.43. The molecule has 1 amide bonds. The Balaban J connectivity index is 0.00000169. The molecule has 0 saturated carbocycles. The third kappa shape index (κ3) is 2.76. The van der Waals surface area contributed by atoms with Crippen LogP contribution in [0.3, 0.4) is 0 Å². The largest absolute Gasteiger partial charge is 0.355 e. The van der Waals surface area contributed by atoms with Gasteiger partial charge in [-0.25, -0.2) is 13.2 Å². The predicted molar refractivity (Wildman–Crippen MR) is 46.0 cm³/mol. The first-order chi connectivity index (χ1) is 6.15. The molecule has 0 aromatic heterocycles. The summed E-state index contributed by atoms with van der Waals surface area (Å²) in [6.45, 7) is -0.0301. The van der Waals surface area contributed by atoms with Crippen LogP contribution < -0.4 is 5.32 Å². The van der Waals surface area contributed by atoms with Crippen LogP contribution in [0.15, 0.2) is 12.1 Å². The maximum atomic E-state index is 12.5. The molecule has 1 aromatic rings. The molecule has 1 N–H and O–H groups in total. The number of carbonyl (C=O) groups is 1. The summed E-state index contributed by atoms with van der Waals surface area (Å²) in [4.78, 5) is 9.84. The molecule has 5 heteroatoms. The number of carbonyl (C=O) groups excluding carboxylic acids is 1. The lowest BCUT2D eigenvalue weighted by Gasteiger charge is -2.01. The van der Waals surface area contributed by atoms with Gasteiger partial charge in [-0.15, -0.1) is 0 Å². The minimum atomic E-state index is -1.50. The second-order valence-corrected chi connectivity index (χ2v) is 2.37. The van der Waals surface area contributed by atoms with Crippen molar-refractivity contribution < 1.29 is 18.0 Å². The highest BCUT2D eigenvalue weighted by Gasteiger charge is 2.09. The normalized spacial score (nSPS) is 9.07. The summed E-state index contributed by atoms with van der Waals surface area (Å²) in [7, 11) is 0. The van der Waals surface area contributed by atoms with Crippen LogP contribution in [0.4, 0.5) is 13.2 Å². The second-order valence-electron chi connectivity index (χ2n) is 2.37. The van der Waals surface area contributed by atoms with Crippen molar-refractivity contribution in [2.75, 3.05) is 0 Å². The van der Waals surface area contributed by atoms with Crippen LogP contribution in [0.5, 0.6) is 0 Å². The van der Waals surface area contributed by atoms with Gasteiger partial charge in [0.15, 0.2) is 17.5 Å². The van der Waals surface area contributed by atoms with Gasteiger partial charge >= 0.3 is 0 Å². The Bertz CT molecular complexity index is 305. The van der Waals surface area contributed by atoms with E-state index in [0.717, 1.165) is 12.1 Å². The zero-order valence-electron chi connectivity index (χ0n) is 6.48. The van der Waals surface area contributed by atoms with E-state index in [2.05, 4.69) is 5.32 Å². The van der Waals surface area contributed by atoms with Crippen molar-refractivity contribution in [3.63, 3.8) is 0 Å². The highest BCUT2D eigenvalue weighted by atomic mass is 19.2. The van der Waals surface area contributed by atoms with Crippen molar-refractivity contribution in [1.29, 1.82) is 0 Å². The van der Waals surface area contributed by atoms with Gasteiger partial charge in [0.1, 0.15) is 0 Å². The molecule has 0 fully saturated rings. The summed E-state index contributed by atoms with van der Waals surface area (Å²) < 4.78 is 37.5. The van der Waals surface area contributed by atoms with E-state index >= 15 is 0 Å². The average Bonchev–Trinajstić information content (AvgIpc) is 2.10. The molecule has 0 aliphatic heterocycles. The van der Waals surface area contributed by atoms with Crippen LogP contribution in [0.2, 0.25) is 0 Å². The minimum absolute atomic E-state index is 0. The molecule has 0 heterocycles. The van der Waals surface area contributed by atoms with Gasteiger partial charge in [-0.05, 0) is 17.7 Å². The molecular formula is C9H10F3NO. The molecule has 0 radical (unpaired) electrons. The van der Waals surface area contributed by atoms with Crippen molar-refractivity contribution in [3.8, 4) is 0 Å². The molecule has 0 spiro atoms. The van der Waals surface area contributed by atoms with Gasteiger partial charge in [-0.2, -0.15) is 0 Å². The van der Waals surface area contributed by atoms with Crippen LogP contribution in [-0.4, -0.2) is 6.41 Å². The second kappa shape index (κ2) is 5.26. The summed E-state index contributed by atoms with van der Waals surface area (Å²) in [5.41, 5.74) is 0.170. The van der Waals surface area contributed by atoms with Gasteiger partial charge in [0.05, 0.1) is 0 Å². The Morgan fingerprint density at radius 3 is 2.14 bits per heavy atom. The van der Waals surface area contributed by atoms with E-state index in [0.29, 0.717) is 6.41 Å². The maximum Gasteiger partial charge on any atom is 0.207 e. The third-order valence-electron chi connectivity index (χ3n) is 1.43. The first-order valence-electron chi connectivity index (χ1n) is 3.45. The summed E-state index contributed by atoms with van der Waals surface area (Å²) >= 11 is 0. The zero-order valence-corrected chi connectivity index (χ0v) is 6.48. The van der Waals surface area contributed by atoms with Gasteiger partial charge in [0.25, 0.3) is 0 Å². The SMILES string of the molecule is C.O=CNCc1cc(F)c(F)c(F)c1. The lowest BCUT2D eigenvalue weighted by atomic mass is 10.2. The highest BCUT2D eigenvalue weighted by molar-refractivity contribution is 5.46. The topological polar surface area (TPSA) is 29.1 Å². The lowest BCUT2D eigenvalue weighted by Crippen LogP contribution is -2.10. The molecule has 78 valence electrons. The van der Waals surface area contributed by atoms with Crippen molar-refractivity contribution in [2.24, 2.45) is 0 Å². The van der Waals surface area contributed by atoms with Crippen LogP contribution in [-0.2, 0) is 11.3 Å². The molecule has 0 bridgehead atoms. The first-order valence-corrected chi connectivity index (χ1v) is 3.45. The Kier molecular flexibility index (Phi) is 4.69. The van der Waals surface area contributed by atoms with E-state index in [4.69, 9.17) is 0 Å². The lowest BCUT2D eigenvalue weighted by molar-refractivity contribution is -0.109. The number of hydrogen-bond acceptors (Lipinski definition) is 1. The standard InChI is InChI=1S/C8H6F3NO.CH4/c9-6-1-5(3-12-4-13)2-7(10)8(6)11;/h1-2,4H,3H2,(H,12,13);1H4. The molecule has 0 atom stereocenters. The molecule has 0 saturated heterocycles. The fraction of sp³-hybridized carbons (Fsp3) is 0.222. The summed E-state index contributed by atoms with van der Waals surface area (Å²) in [6, 6.07) is 1.66. The Hall–Kier alpha value is -1.52. The van der Waals surface area contributed by atoms with Gasteiger partial charge in [-0.1, -0.05) is 7.43 Å². The number of benzene rings is 1. The number of amides is 1. The van der Waals surface area contributed by atoms with Gasteiger partial charge in [0.2, 0.25) is 6.41 Å². The van der Waals surface area contributed by atoms with Crippen LogP contribution in [0.25, 0.3) is 0 Å². The van der Waals surface area contributed by atoms with Crippen molar-refractivity contribution in [3.05, 3.63) is 35.1 Å². The van der Waals surface area contributed by atoms with Crippen LogP contribution in [0.1, 0.15) is 13.0 Å². The summed E-state index contributed by atoms with van der Waals surface area (Å²) in [5.74, 6) is -4.03. The maximum absolute atomic E-state index is 12.5. The minimum Gasteiger partial charge on any atom is -0.355 e. The summed E-state index contributed by atoms with van der Waals surface area (Å²) in [5, 5.41) is 2.20. The van der Waals surface area contributed by atoms with Crippen LogP contribution >= 0.6 is 0 Å². The smallest absolute Gasteiger partial charge is 0.207 e. The zero-order chi connectivity index (χ0) is 9.84. The number of nitrogens with one attached hydrogen (secondary N) is 1. The molecule has 1 rings (SSSR count). The molecule has 0 aliphatic carbocycles. The molecule has 14 heavy (non-hydrogen) atoms. The van der Waals surface area contributed by atoms with Crippen molar-refractivity contribution >= 4 is 6.41 Å². The quantitative estimate of drug-likeness (QED) is 0.593. The number of rotatable bonds is 3. The van der Waals surface area contributed by atoms with E-state index < -0.39 is 17.5 Å². The Morgan fingerprint density at radius 1 is 1.21 bits per heavy atom. The average molecular weight is 205 g/mol. The van der Waals surface area contributed by atoms with Gasteiger partial charge < -0.3 is 5.32 Å². The molecule has 0 aliphatic rings. The number of halogens is 3. The molecule has 0 unspecified atom stereocenters. The van der Waals surface area contributed by atoms with E-state index in [9.17, 15) is 18.0 Å². The molecule has 1 aromatic carbocycles. The van der Waals surface area contributed by atoms with Crippen molar-refractivity contribution in [1.82, 2.24) is 5.32 Å². The monoisotopic (exact) mass is 205 g/mol. The van der Waals surface area contributed by atoms with Crippen molar-refractivity contribution in [2.45, 2.75) is 14.0 Å². The predicted octanol–water partition coefficient (Wildman–Crippen LogP) is 1.99. The Labute approximate surface area is 79.7 Å². The van der Waals surface area contributed by atoms with E-state index in [1.54, 1.807) is 0 Å². The van der Waals surface area contributed by atoms with E-state index in [-0.39, 0.29) is 19.5 Å². The van der Waals surface area contributed by atoms with E-state index in [1.165, 1.54) is 0 Å². The fourth-order valence-corrected chi connectivity index (χ4v) is 0.870. The molecule has 2 nitrogen and oxygen atoms in total. The number of hydrogen-bond donors (Lipinski definition) is 1. The Morgan fingerprint density at radius 2 is 1.71 bits per heavy atom. The van der Waals surface area contributed by atoms with Gasteiger partial charge in [0, 0.05) is 6.54 Å².